The lowest BCUT2D eigenvalue weighted by Gasteiger charge is -2.33. The highest BCUT2D eigenvalue weighted by atomic mass is 32.2. The summed E-state index contributed by atoms with van der Waals surface area (Å²) in [5, 5.41) is 0.929. The van der Waals surface area contributed by atoms with Crippen LogP contribution in [0.1, 0.15) is 12.8 Å². The van der Waals surface area contributed by atoms with Gasteiger partial charge in [-0.25, -0.2) is 9.97 Å². The first-order valence-electron chi connectivity index (χ1n) is 8.24. The van der Waals surface area contributed by atoms with Crippen molar-refractivity contribution in [3.63, 3.8) is 0 Å². The summed E-state index contributed by atoms with van der Waals surface area (Å²) in [6, 6.07) is 3.77. The van der Waals surface area contributed by atoms with E-state index in [1.807, 2.05) is 12.1 Å². The van der Waals surface area contributed by atoms with Crippen molar-refractivity contribution in [2.24, 2.45) is 5.92 Å². The maximum atomic E-state index is 11.7. The summed E-state index contributed by atoms with van der Waals surface area (Å²) in [5.41, 5.74) is 0.813. The molecule has 0 radical (unpaired) electrons. The van der Waals surface area contributed by atoms with Crippen LogP contribution in [0.15, 0.2) is 18.5 Å². The molecule has 1 saturated heterocycles. The van der Waals surface area contributed by atoms with Crippen molar-refractivity contribution in [2.75, 3.05) is 44.2 Å². The minimum atomic E-state index is -2.43. The maximum absolute atomic E-state index is 11.7. The van der Waals surface area contributed by atoms with Crippen LogP contribution in [0.3, 0.4) is 0 Å². The van der Waals surface area contributed by atoms with E-state index in [2.05, 4.69) is 14.9 Å². The van der Waals surface area contributed by atoms with Gasteiger partial charge >= 0.3 is 0 Å². The molecule has 1 aliphatic heterocycles. The Labute approximate surface area is 148 Å². The van der Waals surface area contributed by atoms with Gasteiger partial charge in [-0.05, 0) is 24.8 Å². The fourth-order valence-electron chi connectivity index (χ4n) is 3.38. The van der Waals surface area contributed by atoms with Crippen LogP contribution >= 0.6 is 0 Å². The largest absolute Gasteiger partial charge is 0.493 e. The summed E-state index contributed by atoms with van der Waals surface area (Å²) in [5.74, 6) is 3.00. The number of piperidine rings is 1. The van der Waals surface area contributed by atoms with E-state index in [-0.39, 0.29) is 0 Å². The van der Waals surface area contributed by atoms with Crippen LogP contribution in [0, 0.1) is 10.7 Å². The average molecular weight is 364 g/mol. The van der Waals surface area contributed by atoms with E-state index >= 15 is 0 Å². The van der Waals surface area contributed by atoms with Gasteiger partial charge in [-0.2, -0.15) is 0 Å². The Morgan fingerprint density at radius 3 is 2.44 bits per heavy atom. The number of nitrogens with zero attached hydrogens (tertiary/aromatic N) is 3. The maximum Gasteiger partial charge on any atom is 0.162 e. The summed E-state index contributed by atoms with van der Waals surface area (Å²) in [6.07, 6.45) is 4.93. The molecule has 1 aromatic heterocycles. The van der Waals surface area contributed by atoms with Crippen LogP contribution in [0.25, 0.3) is 10.9 Å². The predicted octanol–water partition coefficient (Wildman–Crippen LogP) is 2.54. The fourth-order valence-corrected chi connectivity index (χ4v) is 4.62. The molecule has 1 fully saturated rings. The highest BCUT2D eigenvalue weighted by Crippen LogP contribution is 2.35. The zero-order valence-corrected chi connectivity index (χ0v) is 15.6. The molecule has 136 valence electrons. The molecule has 2 heterocycles. The van der Waals surface area contributed by atoms with Gasteiger partial charge in [-0.3, -0.25) is 8.99 Å². The standard InChI is InChI=1S/C17H24N4O3S/c1-23-15-8-13-14(9-16(15)24-2)19-11-20-17(13)21-6-4-12(5-7-21)10-25(3,18)22/h8-9,11-12,18H,4-7,10H2,1-3H3/t25-/m0/s1. The summed E-state index contributed by atoms with van der Waals surface area (Å²) in [4.78, 5) is 11.1. The van der Waals surface area contributed by atoms with E-state index in [0.717, 1.165) is 42.7 Å². The molecule has 0 saturated carbocycles. The zero-order chi connectivity index (χ0) is 18.0. The second-order valence-electron chi connectivity index (χ2n) is 6.52. The number of nitrogens with one attached hydrogen (secondary N) is 1. The van der Waals surface area contributed by atoms with Crippen molar-refractivity contribution in [3.05, 3.63) is 18.5 Å². The number of hydrogen-bond acceptors (Lipinski definition) is 7. The van der Waals surface area contributed by atoms with Gasteiger partial charge in [-0.15, -0.1) is 0 Å². The molecule has 1 aromatic carbocycles. The Morgan fingerprint density at radius 1 is 1.20 bits per heavy atom. The molecule has 1 atom stereocenters. The number of anilines is 1. The van der Waals surface area contributed by atoms with Crippen molar-refractivity contribution in [2.45, 2.75) is 12.8 Å². The van der Waals surface area contributed by atoms with E-state index < -0.39 is 9.73 Å². The van der Waals surface area contributed by atoms with Crippen molar-refractivity contribution in [3.8, 4) is 11.5 Å². The third-order valence-electron chi connectivity index (χ3n) is 4.59. The minimum absolute atomic E-state index is 0.342. The predicted molar refractivity (Wildman–Crippen MR) is 99.2 cm³/mol. The monoisotopic (exact) mass is 364 g/mol. The molecule has 25 heavy (non-hydrogen) atoms. The number of benzene rings is 1. The Morgan fingerprint density at radius 2 is 1.84 bits per heavy atom. The Bertz CT molecular complexity index is 862. The summed E-state index contributed by atoms with van der Waals surface area (Å²) in [6.45, 7) is 1.67. The molecule has 0 bridgehead atoms. The third kappa shape index (κ3) is 3.95. The van der Waals surface area contributed by atoms with Crippen LogP contribution in [0.2, 0.25) is 0 Å². The number of hydrogen-bond donors (Lipinski definition) is 1. The molecule has 2 aromatic rings. The number of ether oxygens (including phenoxy) is 2. The second-order valence-corrected chi connectivity index (χ2v) is 8.87. The van der Waals surface area contributed by atoms with E-state index in [1.165, 1.54) is 6.26 Å². The van der Waals surface area contributed by atoms with E-state index in [0.29, 0.717) is 23.2 Å². The lowest BCUT2D eigenvalue weighted by molar-refractivity contribution is 0.355. The van der Waals surface area contributed by atoms with Crippen LogP contribution in [0.4, 0.5) is 5.82 Å². The van der Waals surface area contributed by atoms with Crippen molar-refractivity contribution in [1.29, 1.82) is 4.78 Å². The number of aromatic nitrogens is 2. The second kappa shape index (κ2) is 7.03. The van der Waals surface area contributed by atoms with E-state index in [9.17, 15) is 4.21 Å². The summed E-state index contributed by atoms with van der Waals surface area (Å²) >= 11 is 0. The molecule has 0 spiro atoms. The van der Waals surface area contributed by atoms with Crippen LogP contribution < -0.4 is 14.4 Å². The molecule has 0 unspecified atom stereocenters. The van der Waals surface area contributed by atoms with E-state index in [4.69, 9.17) is 14.3 Å². The molecule has 8 heteroatoms. The first kappa shape index (κ1) is 17.7. The van der Waals surface area contributed by atoms with Crippen LogP contribution in [-0.2, 0) is 9.73 Å². The SMILES string of the molecule is COc1cc2ncnc(N3CCC(C[S@@](C)(=N)=O)CC3)c2cc1OC. The first-order chi connectivity index (χ1) is 11.9. The number of fused-ring (bicyclic) bond motifs is 1. The van der Waals surface area contributed by atoms with Gasteiger partial charge in [0.05, 0.1) is 19.7 Å². The highest BCUT2D eigenvalue weighted by molar-refractivity contribution is 7.91. The normalized spacial score (nSPS) is 18.1. The molecular formula is C17H24N4O3S. The Balaban J connectivity index is 1.87. The van der Waals surface area contributed by atoms with Crippen molar-refractivity contribution >= 4 is 26.4 Å². The van der Waals surface area contributed by atoms with Gasteiger partial charge in [0.25, 0.3) is 0 Å². The van der Waals surface area contributed by atoms with Gasteiger partial charge in [0.15, 0.2) is 11.5 Å². The zero-order valence-electron chi connectivity index (χ0n) is 14.8. The Kier molecular flexibility index (Phi) is 4.99. The quantitative estimate of drug-likeness (QED) is 0.877. The van der Waals surface area contributed by atoms with Crippen molar-refractivity contribution in [1.82, 2.24) is 9.97 Å². The molecular weight excluding hydrogens is 340 g/mol. The molecule has 1 aliphatic rings. The lowest BCUT2D eigenvalue weighted by atomic mass is 9.98. The minimum Gasteiger partial charge on any atom is -0.493 e. The summed E-state index contributed by atoms with van der Waals surface area (Å²) in [7, 11) is 0.787. The molecule has 0 amide bonds. The van der Waals surface area contributed by atoms with Gasteiger partial charge in [0.2, 0.25) is 0 Å². The third-order valence-corrected chi connectivity index (χ3v) is 5.69. The Hall–Kier alpha value is -2.09. The van der Waals surface area contributed by atoms with Gasteiger partial charge in [0, 0.05) is 46.3 Å². The smallest absolute Gasteiger partial charge is 0.162 e. The van der Waals surface area contributed by atoms with Gasteiger partial charge in [-0.1, -0.05) is 0 Å². The van der Waals surface area contributed by atoms with Crippen molar-refractivity contribution < 1.29 is 13.7 Å². The first-order valence-corrected chi connectivity index (χ1v) is 10.4. The van der Waals surface area contributed by atoms with E-state index in [1.54, 1.807) is 20.5 Å². The molecule has 1 N–H and O–H groups in total. The van der Waals surface area contributed by atoms with Gasteiger partial charge < -0.3 is 14.4 Å². The van der Waals surface area contributed by atoms with Crippen LogP contribution in [0.5, 0.6) is 11.5 Å². The lowest BCUT2D eigenvalue weighted by Crippen LogP contribution is -2.36. The topological polar surface area (TPSA) is 88.4 Å². The number of methoxy groups -OCH3 is 2. The molecule has 7 nitrogen and oxygen atoms in total. The van der Waals surface area contributed by atoms with Crippen LogP contribution in [-0.4, -0.2) is 53.5 Å². The fraction of sp³-hybridized carbons (Fsp3) is 0.529. The summed E-state index contributed by atoms with van der Waals surface area (Å²) < 4.78 is 30.1. The molecule has 0 aliphatic carbocycles. The van der Waals surface area contributed by atoms with Gasteiger partial charge in [0.1, 0.15) is 12.1 Å². The average Bonchev–Trinajstić information content (AvgIpc) is 2.59. The molecule has 3 rings (SSSR count). The highest BCUT2D eigenvalue weighted by Gasteiger charge is 2.24. The number of rotatable bonds is 5.